The molecule has 1 amide bonds. The van der Waals surface area contributed by atoms with Crippen molar-refractivity contribution >= 4 is 5.91 Å². The van der Waals surface area contributed by atoms with Crippen molar-refractivity contribution in [2.24, 2.45) is 0 Å². The zero-order valence-electron chi connectivity index (χ0n) is 12.8. The number of hydrogen-bond acceptors (Lipinski definition) is 5. The molecule has 118 valence electrons. The highest BCUT2D eigenvalue weighted by atomic mass is 16.5. The van der Waals surface area contributed by atoms with E-state index in [1.807, 2.05) is 17.7 Å². The average molecular weight is 304 g/mol. The lowest BCUT2D eigenvalue weighted by Crippen LogP contribution is -2.37. The summed E-state index contributed by atoms with van der Waals surface area (Å²) in [4.78, 5) is 22.5. The number of carbonyl (C=O) groups is 1. The Balaban J connectivity index is 1.68. The molecule has 0 saturated carbocycles. The van der Waals surface area contributed by atoms with Crippen LogP contribution in [-0.4, -0.2) is 61.8 Å². The molecule has 2 aromatic heterocycles. The molecule has 0 aliphatic carbocycles. The molecule has 22 heavy (non-hydrogen) atoms. The number of nitrogens with one attached hydrogen (secondary N) is 1. The molecule has 1 fully saturated rings. The lowest BCUT2D eigenvalue weighted by atomic mass is 10.0. The number of aromatic amines is 1. The minimum atomic E-state index is -0.0985. The summed E-state index contributed by atoms with van der Waals surface area (Å²) in [5.41, 5.74) is 0. The second-order valence-corrected chi connectivity index (χ2v) is 5.40. The number of aryl methyl sites for hydroxylation is 1. The summed E-state index contributed by atoms with van der Waals surface area (Å²) < 4.78 is 7.61. The van der Waals surface area contributed by atoms with Gasteiger partial charge in [-0.3, -0.25) is 9.89 Å². The van der Waals surface area contributed by atoms with Gasteiger partial charge in [-0.15, -0.1) is 0 Å². The molecule has 2 aromatic rings. The molecule has 1 aliphatic rings. The van der Waals surface area contributed by atoms with Crippen LogP contribution in [0.4, 0.5) is 0 Å². The molecule has 1 aliphatic heterocycles. The van der Waals surface area contributed by atoms with Crippen molar-refractivity contribution in [3.63, 3.8) is 0 Å². The number of likely N-dealkylation sites (N-methyl/N-ethyl adjacent to an activating group) is 1. The van der Waals surface area contributed by atoms with E-state index in [4.69, 9.17) is 4.74 Å². The van der Waals surface area contributed by atoms with E-state index in [2.05, 4.69) is 20.2 Å². The molecular formula is C14H20N6O2. The highest BCUT2D eigenvalue weighted by Crippen LogP contribution is 2.29. The third kappa shape index (κ3) is 2.74. The first kappa shape index (κ1) is 14.7. The lowest BCUT2D eigenvalue weighted by molar-refractivity contribution is 0.0538. The van der Waals surface area contributed by atoms with Crippen LogP contribution in [0.1, 0.15) is 35.7 Å². The van der Waals surface area contributed by atoms with Gasteiger partial charge in [-0.1, -0.05) is 0 Å². The van der Waals surface area contributed by atoms with E-state index in [1.165, 1.54) is 6.33 Å². The zero-order chi connectivity index (χ0) is 15.5. The normalized spacial score (nSPS) is 21.2. The summed E-state index contributed by atoms with van der Waals surface area (Å²) in [7, 11) is 1.77. The fourth-order valence-corrected chi connectivity index (χ4v) is 2.82. The maximum absolute atomic E-state index is 12.5. The molecule has 2 atom stereocenters. The Morgan fingerprint density at radius 3 is 3.14 bits per heavy atom. The summed E-state index contributed by atoms with van der Waals surface area (Å²) >= 11 is 0. The monoisotopic (exact) mass is 304 g/mol. The number of hydrogen-bond donors (Lipinski definition) is 1. The first-order valence-electron chi connectivity index (χ1n) is 7.44. The number of ether oxygens (including phenoxy) is 1. The Morgan fingerprint density at radius 1 is 1.55 bits per heavy atom. The van der Waals surface area contributed by atoms with E-state index in [9.17, 15) is 4.79 Å². The van der Waals surface area contributed by atoms with Gasteiger partial charge in [0, 0.05) is 45.1 Å². The largest absolute Gasteiger partial charge is 0.376 e. The Bertz CT molecular complexity index is 623. The number of carbonyl (C=O) groups excluding carboxylic acids is 1. The van der Waals surface area contributed by atoms with Crippen LogP contribution < -0.4 is 0 Å². The van der Waals surface area contributed by atoms with Crippen molar-refractivity contribution in [2.75, 3.05) is 20.2 Å². The van der Waals surface area contributed by atoms with Crippen LogP contribution in [0.15, 0.2) is 18.7 Å². The molecule has 0 aromatic carbocycles. The predicted molar refractivity (Wildman–Crippen MR) is 78.3 cm³/mol. The van der Waals surface area contributed by atoms with Gasteiger partial charge in [0.15, 0.2) is 5.82 Å². The van der Waals surface area contributed by atoms with E-state index in [0.29, 0.717) is 19.0 Å². The molecule has 3 heterocycles. The molecule has 3 rings (SSSR count). The summed E-state index contributed by atoms with van der Waals surface area (Å²) in [6.07, 6.45) is 5.76. The number of nitrogens with zero attached hydrogens (tertiary/aromatic N) is 5. The summed E-state index contributed by atoms with van der Waals surface area (Å²) in [5, 5.41) is 6.79. The van der Waals surface area contributed by atoms with Crippen LogP contribution in [0.5, 0.6) is 0 Å². The number of H-pyrrole nitrogens is 1. The van der Waals surface area contributed by atoms with Crippen molar-refractivity contribution in [3.05, 3.63) is 30.4 Å². The van der Waals surface area contributed by atoms with Crippen LogP contribution >= 0.6 is 0 Å². The predicted octanol–water partition coefficient (Wildman–Crippen LogP) is 0.666. The van der Waals surface area contributed by atoms with E-state index >= 15 is 0 Å². The van der Waals surface area contributed by atoms with Crippen molar-refractivity contribution < 1.29 is 9.53 Å². The minimum absolute atomic E-state index is 0.0769. The Labute approximate surface area is 128 Å². The second-order valence-electron chi connectivity index (χ2n) is 5.40. The smallest absolute Gasteiger partial charge is 0.289 e. The van der Waals surface area contributed by atoms with E-state index in [0.717, 1.165) is 18.8 Å². The van der Waals surface area contributed by atoms with Crippen molar-refractivity contribution in [1.82, 2.24) is 29.6 Å². The molecule has 1 saturated heterocycles. The maximum Gasteiger partial charge on any atom is 0.289 e. The first-order chi connectivity index (χ1) is 10.7. The van der Waals surface area contributed by atoms with E-state index in [-0.39, 0.29) is 17.9 Å². The van der Waals surface area contributed by atoms with Gasteiger partial charge in [0.05, 0.1) is 6.10 Å². The second kappa shape index (κ2) is 6.27. The van der Waals surface area contributed by atoms with Crippen LogP contribution in [0.3, 0.4) is 0 Å². The van der Waals surface area contributed by atoms with Crippen LogP contribution in [0.2, 0.25) is 0 Å². The number of aromatic nitrogens is 5. The average Bonchev–Trinajstić information content (AvgIpc) is 3.26. The highest BCUT2D eigenvalue weighted by molar-refractivity contribution is 5.90. The Morgan fingerprint density at radius 2 is 2.41 bits per heavy atom. The standard InChI is InChI=1S/C14H20N6O2/c1-3-20-6-5-15-13(20)14(21)19(2)8-11-10(4-7-22-11)12-16-9-17-18-12/h5-6,9-11H,3-4,7-8H2,1-2H3,(H,16,17,18)/t10-,11-/m1/s1. The van der Waals surface area contributed by atoms with E-state index in [1.54, 1.807) is 18.1 Å². The van der Waals surface area contributed by atoms with Gasteiger partial charge in [-0.05, 0) is 13.3 Å². The van der Waals surface area contributed by atoms with Gasteiger partial charge in [0.2, 0.25) is 0 Å². The molecule has 8 nitrogen and oxygen atoms in total. The Hall–Kier alpha value is -2.22. The minimum Gasteiger partial charge on any atom is -0.376 e. The van der Waals surface area contributed by atoms with E-state index < -0.39 is 0 Å². The lowest BCUT2D eigenvalue weighted by Gasteiger charge is -2.23. The highest BCUT2D eigenvalue weighted by Gasteiger charge is 2.34. The van der Waals surface area contributed by atoms with Gasteiger partial charge in [-0.25, -0.2) is 9.97 Å². The molecule has 8 heteroatoms. The van der Waals surface area contributed by atoms with Gasteiger partial charge in [0.25, 0.3) is 5.91 Å². The Kier molecular flexibility index (Phi) is 4.19. The topological polar surface area (TPSA) is 88.9 Å². The van der Waals surface area contributed by atoms with Crippen LogP contribution in [0.25, 0.3) is 0 Å². The van der Waals surface area contributed by atoms with Gasteiger partial charge in [0.1, 0.15) is 12.2 Å². The fraction of sp³-hybridized carbons (Fsp3) is 0.571. The number of rotatable bonds is 5. The SMILES string of the molecule is CCn1ccnc1C(=O)N(C)C[C@H]1OCC[C@H]1c1ncn[nH]1. The fourth-order valence-electron chi connectivity index (χ4n) is 2.82. The van der Waals surface area contributed by atoms with Gasteiger partial charge in [-0.2, -0.15) is 5.10 Å². The molecular weight excluding hydrogens is 284 g/mol. The van der Waals surface area contributed by atoms with Gasteiger partial charge >= 0.3 is 0 Å². The van der Waals surface area contributed by atoms with Gasteiger partial charge < -0.3 is 14.2 Å². The molecule has 0 spiro atoms. The number of imidazole rings is 1. The van der Waals surface area contributed by atoms with Crippen molar-refractivity contribution in [1.29, 1.82) is 0 Å². The van der Waals surface area contributed by atoms with Crippen molar-refractivity contribution in [3.8, 4) is 0 Å². The molecule has 1 N–H and O–H groups in total. The third-order valence-electron chi connectivity index (χ3n) is 4.04. The van der Waals surface area contributed by atoms with Crippen LogP contribution in [-0.2, 0) is 11.3 Å². The molecule has 0 unspecified atom stereocenters. The molecule has 0 radical (unpaired) electrons. The summed E-state index contributed by atoms with van der Waals surface area (Å²) in [6, 6.07) is 0. The summed E-state index contributed by atoms with van der Waals surface area (Å²) in [6.45, 7) is 3.87. The quantitative estimate of drug-likeness (QED) is 0.877. The first-order valence-corrected chi connectivity index (χ1v) is 7.44. The summed E-state index contributed by atoms with van der Waals surface area (Å²) in [5.74, 6) is 1.32. The molecule has 0 bridgehead atoms. The van der Waals surface area contributed by atoms with Crippen LogP contribution in [0, 0.1) is 0 Å². The third-order valence-corrected chi connectivity index (χ3v) is 4.04. The van der Waals surface area contributed by atoms with Crippen molar-refractivity contribution in [2.45, 2.75) is 31.9 Å². The zero-order valence-corrected chi connectivity index (χ0v) is 12.8. The maximum atomic E-state index is 12.5. The number of amides is 1.